The Morgan fingerprint density at radius 3 is 2.82 bits per heavy atom. The molecule has 3 rings (SSSR count). The predicted molar refractivity (Wildman–Crippen MR) is 79.1 cm³/mol. The SMILES string of the molecule is COC(=O)c1cc(O)n2nc(-c3ccc(Br)cc3F)cc2n1. The van der Waals surface area contributed by atoms with E-state index in [4.69, 9.17) is 0 Å². The standard InChI is InChI=1S/C14H9BrFN3O3/c1-22-14(21)11-6-13(20)19-12(17-11)5-10(18-19)8-3-2-7(15)4-9(8)16/h2-6,20H,1H3. The fourth-order valence-corrected chi connectivity index (χ4v) is 2.33. The van der Waals surface area contributed by atoms with Crippen LogP contribution in [0, 0.1) is 5.82 Å². The summed E-state index contributed by atoms with van der Waals surface area (Å²) >= 11 is 3.18. The van der Waals surface area contributed by atoms with Crippen LogP contribution in [-0.2, 0) is 4.74 Å². The lowest BCUT2D eigenvalue weighted by Gasteiger charge is -2.01. The molecule has 0 amide bonds. The highest BCUT2D eigenvalue weighted by atomic mass is 79.9. The van der Waals surface area contributed by atoms with Gasteiger partial charge in [-0.25, -0.2) is 14.2 Å². The van der Waals surface area contributed by atoms with Gasteiger partial charge in [-0.05, 0) is 18.2 Å². The molecule has 2 aromatic heterocycles. The van der Waals surface area contributed by atoms with E-state index in [0.717, 1.165) is 10.6 Å². The normalized spacial score (nSPS) is 10.9. The molecule has 22 heavy (non-hydrogen) atoms. The van der Waals surface area contributed by atoms with Crippen LogP contribution in [-0.4, -0.2) is 32.8 Å². The molecule has 0 unspecified atom stereocenters. The Morgan fingerprint density at radius 2 is 2.14 bits per heavy atom. The number of halogens is 2. The molecule has 0 bridgehead atoms. The molecule has 0 aliphatic carbocycles. The Labute approximate surface area is 132 Å². The second-order valence-corrected chi connectivity index (χ2v) is 5.33. The molecule has 1 N–H and O–H groups in total. The number of fused-ring (bicyclic) bond motifs is 1. The summed E-state index contributed by atoms with van der Waals surface area (Å²) in [6, 6.07) is 7.15. The molecule has 0 saturated carbocycles. The lowest BCUT2D eigenvalue weighted by Crippen LogP contribution is -2.06. The molecule has 6 nitrogen and oxygen atoms in total. The van der Waals surface area contributed by atoms with E-state index in [2.05, 4.69) is 30.7 Å². The summed E-state index contributed by atoms with van der Waals surface area (Å²) < 4.78 is 20.3. The van der Waals surface area contributed by atoms with Crippen molar-refractivity contribution in [3.63, 3.8) is 0 Å². The largest absolute Gasteiger partial charge is 0.493 e. The fourth-order valence-electron chi connectivity index (χ4n) is 2.00. The van der Waals surface area contributed by atoms with E-state index >= 15 is 0 Å². The molecule has 0 radical (unpaired) electrons. The summed E-state index contributed by atoms with van der Waals surface area (Å²) in [7, 11) is 1.21. The van der Waals surface area contributed by atoms with Crippen LogP contribution in [0.15, 0.2) is 34.8 Å². The van der Waals surface area contributed by atoms with Gasteiger partial charge < -0.3 is 9.84 Å². The van der Waals surface area contributed by atoms with Gasteiger partial charge in [-0.3, -0.25) is 0 Å². The summed E-state index contributed by atoms with van der Waals surface area (Å²) in [5.41, 5.74) is 0.690. The first-order valence-electron chi connectivity index (χ1n) is 6.13. The van der Waals surface area contributed by atoms with Crippen LogP contribution in [0.1, 0.15) is 10.5 Å². The van der Waals surface area contributed by atoms with E-state index in [9.17, 15) is 14.3 Å². The van der Waals surface area contributed by atoms with Crippen LogP contribution < -0.4 is 0 Å². The van der Waals surface area contributed by atoms with Crippen molar-refractivity contribution in [1.29, 1.82) is 0 Å². The minimum Gasteiger partial charge on any atom is -0.493 e. The maximum atomic E-state index is 14.0. The number of aromatic nitrogens is 3. The third-order valence-corrected chi connectivity index (χ3v) is 3.50. The Morgan fingerprint density at radius 1 is 1.36 bits per heavy atom. The van der Waals surface area contributed by atoms with Gasteiger partial charge in [-0.2, -0.15) is 9.61 Å². The van der Waals surface area contributed by atoms with Crippen molar-refractivity contribution in [2.24, 2.45) is 0 Å². The zero-order valence-corrected chi connectivity index (χ0v) is 12.8. The van der Waals surface area contributed by atoms with Crippen molar-refractivity contribution in [1.82, 2.24) is 14.6 Å². The highest BCUT2D eigenvalue weighted by Gasteiger charge is 2.16. The van der Waals surface area contributed by atoms with Gasteiger partial charge in [0, 0.05) is 22.2 Å². The Kier molecular flexibility index (Phi) is 3.53. The number of rotatable bonds is 2. The summed E-state index contributed by atoms with van der Waals surface area (Å²) in [4.78, 5) is 15.5. The van der Waals surface area contributed by atoms with E-state index in [0.29, 0.717) is 4.47 Å². The minimum absolute atomic E-state index is 0.0600. The average Bonchev–Trinajstić information content (AvgIpc) is 2.90. The number of hydrogen-bond donors (Lipinski definition) is 1. The molecule has 1 aromatic carbocycles. The number of carbonyl (C=O) groups is 1. The van der Waals surface area contributed by atoms with Gasteiger partial charge in [0.2, 0.25) is 5.88 Å². The van der Waals surface area contributed by atoms with Gasteiger partial charge in [0.05, 0.1) is 12.8 Å². The Balaban J connectivity index is 2.17. The number of esters is 1. The molecule has 2 heterocycles. The van der Waals surface area contributed by atoms with Crippen molar-refractivity contribution in [2.45, 2.75) is 0 Å². The second kappa shape index (κ2) is 5.38. The molecule has 0 saturated heterocycles. The topological polar surface area (TPSA) is 76.7 Å². The summed E-state index contributed by atoms with van der Waals surface area (Å²) in [5, 5.41) is 14.0. The molecular weight excluding hydrogens is 357 g/mol. The Hall–Kier alpha value is -2.48. The summed E-state index contributed by atoms with van der Waals surface area (Å²) in [6.45, 7) is 0. The molecule has 0 spiro atoms. The van der Waals surface area contributed by atoms with E-state index in [1.807, 2.05) is 0 Å². The van der Waals surface area contributed by atoms with Crippen LogP contribution in [0.3, 0.4) is 0 Å². The van der Waals surface area contributed by atoms with Gasteiger partial charge in [0.1, 0.15) is 5.82 Å². The first kappa shape index (κ1) is 14.5. The third-order valence-electron chi connectivity index (χ3n) is 3.01. The van der Waals surface area contributed by atoms with Crippen molar-refractivity contribution >= 4 is 27.5 Å². The zero-order chi connectivity index (χ0) is 15.9. The maximum Gasteiger partial charge on any atom is 0.356 e. The average molecular weight is 366 g/mol. The number of ether oxygens (including phenoxy) is 1. The van der Waals surface area contributed by atoms with Crippen molar-refractivity contribution in [3.05, 3.63) is 46.3 Å². The first-order valence-corrected chi connectivity index (χ1v) is 6.92. The van der Waals surface area contributed by atoms with Crippen molar-refractivity contribution in [3.8, 4) is 17.1 Å². The van der Waals surface area contributed by atoms with Crippen LogP contribution in [0.5, 0.6) is 5.88 Å². The van der Waals surface area contributed by atoms with Crippen LogP contribution in [0.2, 0.25) is 0 Å². The molecule has 3 aromatic rings. The van der Waals surface area contributed by atoms with Crippen molar-refractivity contribution < 1.29 is 19.0 Å². The van der Waals surface area contributed by atoms with E-state index in [1.54, 1.807) is 12.1 Å². The number of aromatic hydroxyl groups is 1. The first-order chi connectivity index (χ1) is 10.5. The molecular formula is C14H9BrFN3O3. The minimum atomic E-state index is -0.685. The predicted octanol–water partition coefficient (Wildman–Crippen LogP) is 2.79. The number of benzene rings is 1. The number of methoxy groups -OCH3 is 1. The summed E-state index contributed by atoms with van der Waals surface area (Å²) in [5.74, 6) is -1.45. The molecule has 8 heteroatoms. The van der Waals surface area contributed by atoms with E-state index in [1.165, 1.54) is 19.2 Å². The molecule has 0 aliphatic rings. The van der Waals surface area contributed by atoms with Gasteiger partial charge >= 0.3 is 5.97 Å². The monoisotopic (exact) mass is 365 g/mol. The number of carbonyl (C=O) groups excluding carboxylic acids is 1. The van der Waals surface area contributed by atoms with Gasteiger partial charge in [0.25, 0.3) is 0 Å². The molecule has 0 aliphatic heterocycles. The van der Waals surface area contributed by atoms with Crippen LogP contribution in [0.25, 0.3) is 16.9 Å². The third kappa shape index (κ3) is 2.41. The van der Waals surface area contributed by atoms with Gasteiger partial charge in [-0.15, -0.1) is 0 Å². The molecule has 112 valence electrons. The van der Waals surface area contributed by atoms with Gasteiger partial charge in [-0.1, -0.05) is 15.9 Å². The Bertz CT molecular complexity index is 894. The second-order valence-electron chi connectivity index (χ2n) is 4.41. The quantitative estimate of drug-likeness (QED) is 0.706. The molecule has 0 atom stereocenters. The molecule has 0 fully saturated rings. The number of hydrogen-bond acceptors (Lipinski definition) is 5. The van der Waals surface area contributed by atoms with Crippen molar-refractivity contribution in [2.75, 3.05) is 7.11 Å². The highest BCUT2D eigenvalue weighted by Crippen LogP contribution is 2.26. The van der Waals surface area contributed by atoms with Gasteiger partial charge in [0.15, 0.2) is 11.3 Å². The zero-order valence-electron chi connectivity index (χ0n) is 11.2. The maximum absolute atomic E-state index is 14.0. The summed E-state index contributed by atoms with van der Waals surface area (Å²) in [6.07, 6.45) is 0. The van der Waals surface area contributed by atoms with E-state index < -0.39 is 11.8 Å². The fraction of sp³-hybridized carbons (Fsp3) is 0.0714. The van der Waals surface area contributed by atoms with Crippen LogP contribution >= 0.6 is 15.9 Å². The lowest BCUT2D eigenvalue weighted by molar-refractivity contribution is 0.0593. The number of nitrogens with zero attached hydrogens (tertiary/aromatic N) is 3. The van der Waals surface area contributed by atoms with Crippen LogP contribution in [0.4, 0.5) is 4.39 Å². The van der Waals surface area contributed by atoms with E-state index in [-0.39, 0.29) is 28.5 Å². The highest BCUT2D eigenvalue weighted by molar-refractivity contribution is 9.10. The smallest absolute Gasteiger partial charge is 0.356 e. The lowest BCUT2D eigenvalue weighted by atomic mass is 10.1.